The molecule has 0 saturated heterocycles. The van der Waals surface area contributed by atoms with Gasteiger partial charge in [-0.25, -0.2) is 0 Å². The smallest absolute Gasteiger partial charge is 0.221 e. The van der Waals surface area contributed by atoms with E-state index < -0.39 is 0 Å². The summed E-state index contributed by atoms with van der Waals surface area (Å²) < 4.78 is 0. The van der Waals surface area contributed by atoms with E-state index in [9.17, 15) is 4.79 Å². The fourth-order valence-electron chi connectivity index (χ4n) is 1.79. The highest BCUT2D eigenvalue weighted by Crippen LogP contribution is 2.25. The van der Waals surface area contributed by atoms with Crippen LogP contribution in [-0.2, 0) is 4.79 Å². The summed E-state index contributed by atoms with van der Waals surface area (Å²) in [4.78, 5) is 11.2. The van der Waals surface area contributed by atoms with Gasteiger partial charge in [0.2, 0.25) is 5.91 Å². The van der Waals surface area contributed by atoms with Crippen molar-refractivity contribution in [3.63, 3.8) is 0 Å². The van der Waals surface area contributed by atoms with E-state index in [0.717, 1.165) is 6.42 Å². The van der Waals surface area contributed by atoms with Crippen molar-refractivity contribution in [2.24, 2.45) is 11.7 Å². The van der Waals surface area contributed by atoms with Gasteiger partial charge in [0.25, 0.3) is 0 Å². The summed E-state index contributed by atoms with van der Waals surface area (Å²) in [6.07, 6.45) is 0.797. The van der Waals surface area contributed by atoms with Crippen molar-refractivity contribution in [2.45, 2.75) is 26.2 Å². The number of rotatable bonds is 4. The lowest BCUT2D eigenvalue weighted by atomic mass is 9.85. The molecular weight excluding hydrogens is 174 g/mol. The summed E-state index contributed by atoms with van der Waals surface area (Å²) in [6.45, 7) is 4.04. The lowest BCUT2D eigenvalue weighted by Gasteiger charge is -2.19. The van der Waals surface area contributed by atoms with Gasteiger partial charge >= 0.3 is 0 Å². The van der Waals surface area contributed by atoms with E-state index in [-0.39, 0.29) is 17.7 Å². The van der Waals surface area contributed by atoms with Crippen LogP contribution in [0.2, 0.25) is 0 Å². The SMILES string of the molecule is CCC(C(N)=O)[C@H](C)c1ccccc1. The molecule has 1 unspecified atom stereocenters. The lowest BCUT2D eigenvalue weighted by Crippen LogP contribution is -2.27. The van der Waals surface area contributed by atoms with E-state index in [4.69, 9.17) is 5.73 Å². The Labute approximate surface area is 85.1 Å². The molecule has 1 rings (SSSR count). The number of amides is 1. The van der Waals surface area contributed by atoms with Crippen LogP contribution in [0.5, 0.6) is 0 Å². The monoisotopic (exact) mass is 191 g/mol. The van der Waals surface area contributed by atoms with Gasteiger partial charge in [-0.15, -0.1) is 0 Å². The zero-order valence-electron chi connectivity index (χ0n) is 8.73. The number of carbonyl (C=O) groups excluding carboxylic acids is 1. The van der Waals surface area contributed by atoms with Crippen LogP contribution in [0.15, 0.2) is 30.3 Å². The largest absolute Gasteiger partial charge is 0.369 e. The Bertz CT molecular complexity index is 294. The van der Waals surface area contributed by atoms with Gasteiger partial charge in [-0.1, -0.05) is 44.2 Å². The summed E-state index contributed by atoms with van der Waals surface area (Å²) >= 11 is 0. The van der Waals surface area contributed by atoms with E-state index in [1.54, 1.807) is 0 Å². The number of primary amides is 1. The van der Waals surface area contributed by atoms with E-state index >= 15 is 0 Å². The maximum atomic E-state index is 11.2. The van der Waals surface area contributed by atoms with Crippen molar-refractivity contribution in [1.29, 1.82) is 0 Å². The summed E-state index contributed by atoms with van der Waals surface area (Å²) in [5.74, 6) is -0.0556. The van der Waals surface area contributed by atoms with Crippen molar-refractivity contribution in [2.75, 3.05) is 0 Å². The highest BCUT2D eigenvalue weighted by Gasteiger charge is 2.21. The first-order valence-electron chi connectivity index (χ1n) is 5.01. The Morgan fingerprint density at radius 3 is 2.36 bits per heavy atom. The molecule has 1 amide bonds. The first-order valence-corrected chi connectivity index (χ1v) is 5.01. The van der Waals surface area contributed by atoms with Crippen molar-refractivity contribution < 1.29 is 4.79 Å². The van der Waals surface area contributed by atoms with Gasteiger partial charge in [-0.3, -0.25) is 4.79 Å². The fraction of sp³-hybridized carbons (Fsp3) is 0.417. The molecule has 1 aromatic carbocycles. The van der Waals surface area contributed by atoms with Crippen molar-refractivity contribution in [3.05, 3.63) is 35.9 Å². The molecule has 0 fully saturated rings. The third-order valence-electron chi connectivity index (χ3n) is 2.73. The molecule has 0 spiro atoms. The topological polar surface area (TPSA) is 43.1 Å². The molecule has 0 aromatic heterocycles. The summed E-state index contributed by atoms with van der Waals surface area (Å²) in [5, 5.41) is 0. The average molecular weight is 191 g/mol. The molecule has 14 heavy (non-hydrogen) atoms. The van der Waals surface area contributed by atoms with Gasteiger partial charge in [0, 0.05) is 5.92 Å². The zero-order valence-corrected chi connectivity index (χ0v) is 8.73. The number of benzene rings is 1. The second-order valence-electron chi connectivity index (χ2n) is 3.62. The Kier molecular flexibility index (Phi) is 3.69. The van der Waals surface area contributed by atoms with E-state index in [0.29, 0.717) is 0 Å². The molecule has 1 aromatic rings. The van der Waals surface area contributed by atoms with E-state index in [1.165, 1.54) is 5.56 Å². The number of hydrogen-bond acceptors (Lipinski definition) is 1. The molecule has 0 radical (unpaired) electrons. The Morgan fingerprint density at radius 1 is 1.36 bits per heavy atom. The number of nitrogens with two attached hydrogens (primary N) is 1. The van der Waals surface area contributed by atoms with E-state index in [2.05, 4.69) is 0 Å². The van der Waals surface area contributed by atoms with Gasteiger partial charge in [0.05, 0.1) is 0 Å². The maximum absolute atomic E-state index is 11.2. The van der Waals surface area contributed by atoms with Gasteiger partial charge in [0.1, 0.15) is 0 Å². The Balaban J connectivity index is 2.83. The fourth-order valence-corrected chi connectivity index (χ4v) is 1.79. The molecule has 0 saturated carbocycles. The maximum Gasteiger partial charge on any atom is 0.221 e. The van der Waals surface area contributed by atoms with Gasteiger partial charge in [-0.05, 0) is 17.9 Å². The average Bonchev–Trinajstić information content (AvgIpc) is 2.19. The van der Waals surface area contributed by atoms with Crippen molar-refractivity contribution >= 4 is 5.91 Å². The number of hydrogen-bond donors (Lipinski definition) is 1. The minimum atomic E-state index is -0.205. The van der Waals surface area contributed by atoms with Gasteiger partial charge in [0.15, 0.2) is 0 Å². The lowest BCUT2D eigenvalue weighted by molar-refractivity contribution is -0.122. The highest BCUT2D eigenvalue weighted by atomic mass is 16.1. The molecule has 2 atom stereocenters. The second-order valence-corrected chi connectivity index (χ2v) is 3.62. The van der Waals surface area contributed by atoms with E-state index in [1.807, 2.05) is 44.2 Å². The first-order chi connectivity index (χ1) is 6.66. The van der Waals surface area contributed by atoms with Crippen LogP contribution in [0.25, 0.3) is 0 Å². The van der Waals surface area contributed by atoms with Crippen LogP contribution in [-0.4, -0.2) is 5.91 Å². The van der Waals surface area contributed by atoms with Crippen LogP contribution in [0, 0.1) is 5.92 Å². The molecule has 2 N–H and O–H groups in total. The molecule has 0 heterocycles. The summed E-state index contributed by atoms with van der Waals surface area (Å²) in [5.41, 5.74) is 6.53. The zero-order chi connectivity index (χ0) is 10.6. The first kappa shape index (κ1) is 10.8. The molecule has 2 heteroatoms. The molecule has 0 aliphatic rings. The molecule has 76 valence electrons. The van der Waals surface area contributed by atoms with Gasteiger partial charge < -0.3 is 5.73 Å². The standard InChI is InChI=1S/C12H17NO/c1-3-11(12(13)14)9(2)10-7-5-4-6-8-10/h4-9,11H,3H2,1-2H3,(H2,13,14)/t9-,11?/m1/s1. The third kappa shape index (κ3) is 2.34. The minimum absolute atomic E-state index is 0.0580. The Hall–Kier alpha value is -1.31. The van der Waals surface area contributed by atoms with Crippen molar-refractivity contribution in [3.8, 4) is 0 Å². The highest BCUT2D eigenvalue weighted by molar-refractivity contribution is 5.77. The van der Waals surface area contributed by atoms with Crippen LogP contribution >= 0.6 is 0 Å². The van der Waals surface area contributed by atoms with Gasteiger partial charge in [-0.2, -0.15) is 0 Å². The predicted molar refractivity (Wildman–Crippen MR) is 57.8 cm³/mol. The predicted octanol–water partition coefficient (Wildman–Crippen LogP) is 2.30. The summed E-state index contributed by atoms with van der Waals surface area (Å²) in [6, 6.07) is 10.0. The molecule has 0 aliphatic heterocycles. The van der Waals surface area contributed by atoms with Crippen LogP contribution in [0.1, 0.15) is 31.7 Å². The summed E-state index contributed by atoms with van der Waals surface area (Å²) in [7, 11) is 0. The third-order valence-corrected chi connectivity index (χ3v) is 2.73. The Morgan fingerprint density at radius 2 is 1.93 bits per heavy atom. The van der Waals surface area contributed by atoms with Crippen LogP contribution in [0.3, 0.4) is 0 Å². The number of carbonyl (C=O) groups is 1. The molecule has 2 nitrogen and oxygen atoms in total. The van der Waals surface area contributed by atoms with Crippen LogP contribution < -0.4 is 5.73 Å². The molecule has 0 bridgehead atoms. The quantitative estimate of drug-likeness (QED) is 0.779. The molecular formula is C12H17NO. The minimum Gasteiger partial charge on any atom is -0.369 e. The second kappa shape index (κ2) is 4.80. The molecule has 0 aliphatic carbocycles. The van der Waals surface area contributed by atoms with Crippen LogP contribution in [0.4, 0.5) is 0 Å². The van der Waals surface area contributed by atoms with Crippen molar-refractivity contribution in [1.82, 2.24) is 0 Å². The normalized spacial score (nSPS) is 14.7.